The standard InChI is InChI=1S/C24H11N3S/c25-11-13-1-7-21-19(9-13)16-4-5-17-15(23(16)27-21)3-6-18-20-10-14(12-26)2-8-22(20)28-24(17)18/h1-10,27H. The molecule has 0 amide bonds. The molecule has 0 fully saturated rings. The van der Waals surface area contributed by atoms with Gasteiger partial charge in [0.2, 0.25) is 0 Å². The van der Waals surface area contributed by atoms with E-state index >= 15 is 0 Å². The highest BCUT2D eigenvalue weighted by atomic mass is 32.1. The largest absolute Gasteiger partial charge is 0.354 e. The molecule has 0 radical (unpaired) electrons. The molecule has 0 unspecified atom stereocenters. The Kier molecular flexibility index (Phi) is 2.90. The number of aromatic amines is 1. The number of H-pyrrole nitrogens is 1. The zero-order chi connectivity index (χ0) is 18.8. The molecular weight excluding hydrogens is 362 g/mol. The smallest absolute Gasteiger partial charge is 0.0991 e. The molecule has 28 heavy (non-hydrogen) atoms. The fourth-order valence-corrected chi connectivity index (χ4v) is 5.36. The third-order valence-electron chi connectivity index (χ3n) is 5.46. The van der Waals surface area contributed by atoms with E-state index in [9.17, 15) is 10.5 Å². The molecule has 0 saturated heterocycles. The van der Waals surface area contributed by atoms with Crippen LogP contribution in [-0.2, 0) is 0 Å². The van der Waals surface area contributed by atoms with Crippen molar-refractivity contribution in [1.82, 2.24) is 4.98 Å². The van der Waals surface area contributed by atoms with Gasteiger partial charge in [-0.2, -0.15) is 10.5 Å². The lowest BCUT2D eigenvalue weighted by molar-refractivity contribution is 1.49. The summed E-state index contributed by atoms with van der Waals surface area (Å²) in [7, 11) is 0. The van der Waals surface area contributed by atoms with E-state index in [4.69, 9.17) is 0 Å². The zero-order valence-electron chi connectivity index (χ0n) is 14.6. The van der Waals surface area contributed by atoms with Crippen molar-refractivity contribution in [2.24, 2.45) is 0 Å². The number of hydrogen-bond donors (Lipinski definition) is 1. The van der Waals surface area contributed by atoms with Gasteiger partial charge >= 0.3 is 0 Å². The van der Waals surface area contributed by atoms with Gasteiger partial charge in [-0.1, -0.05) is 24.3 Å². The van der Waals surface area contributed by atoms with Crippen molar-refractivity contribution >= 4 is 64.1 Å². The van der Waals surface area contributed by atoms with Gasteiger partial charge in [-0.15, -0.1) is 11.3 Å². The molecule has 2 heterocycles. The van der Waals surface area contributed by atoms with Crippen LogP contribution in [0.15, 0.2) is 60.7 Å². The molecule has 0 spiro atoms. The second-order valence-corrected chi connectivity index (χ2v) is 8.00. The highest BCUT2D eigenvalue weighted by molar-refractivity contribution is 7.26. The summed E-state index contributed by atoms with van der Waals surface area (Å²) in [5.74, 6) is 0. The number of fused-ring (bicyclic) bond motifs is 9. The molecule has 128 valence electrons. The highest BCUT2D eigenvalue weighted by Gasteiger charge is 2.13. The maximum Gasteiger partial charge on any atom is 0.0991 e. The number of thiophene rings is 1. The van der Waals surface area contributed by atoms with Crippen LogP contribution < -0.4 is 0 Å². The van der Waals surface area contributed by atoms with Crippen LogP contribution in [0.1, 0.15) is 11.1 Å². The fraction of sp³-hybridized carbons (Fsp3) is 0. The number of hydrogen-bond acceptors (Lipinski definition) is 3. The van der Waals surface area contributed by atoms with Crippen LogP contribution in [0.25, 0.3) is 52.8 Å². The predicted octanol–water partition coefficient (Wildman–Crippen LogP) is 6.59. The topological polar surface area (TPSA) is 63.4 Å². The van der Waals surface area contributed by atoms with Crippen molar-refractivity contribution in [3.05, 3.63) is 71.8 Å². The number of nitriles is 2. The lowest BCUT2D eigenvalue weighted by Gasteiger charge is -2.02. The molecule has 0 atom stereocenters. The molecule has 4 aromatic carbocycles. The van der Waals surface area contributed by atoms with Crippen molar-refractivity contribution in [3.8, 4) is 12.1 Å². The summed E-state index contributed by atoms with van der Waals surface area (Å²) in [5, 5.41) is 25.4. The van der Waals surface area contributed by atoms with Crippen LogP contribution in [0.4, 0.5) is 0 Å². The van der Waals surface area contributed by atoms with Gasteiger partial charge in [-0.05, 0) is 36.4 Å². The van der Waals surface area contributed by atoms with E-state index in [0.717, 1.165) is 27.2 Å². The molecule has 6 aromatic rings. The van der Waals surface area contributed by atoms with Gasteiger partial charge in [0.05, 0.1) is 28.8 Å². The first kappa shape index (κ1) is 15.2. The van der Waals surface area contributed by atoms with Crippen molar-refractivity contribution < 1.29 is 0 Å². The first-order valence-corrected chi connectivity index (χ1v) is 9.72. The van der Waals surface area contributed by atoms with Crippen molar-refractivity contribution in [1.29, 1.82) is 10.5 Å². The van der Waals surface area contributed by atoms with Gasteiger partial charge in [-0.25, -0.2) is 0 Å². The summed E-state index contributed by atoms with van der Waals surface area (Å²) in [6.07, 6.45) is 0. The van der Waals surface area contributed by atoms with Crippen LogP contribution in [0, 0.1) is 22.7 Å². The number of nitrogens with zero attached hydrogens (tertiary/aromatic N) is 2. The molecule has 0 aliphatic rings. The molecule has 1 N–H and O–H groups in total. The van der Waals surface area contributed by atoms with Gasteiger partial charge in [0, 0.05) is 47.2 Å². The van der Waals surface area contributed by atoms with E-state index in [1.54, 1.807) is 11.3 Å². The van der Waals surface area contributed by atoms with E-state index < -0.39 is 0 Å². The minimum atomic E-state index is 0.668. The minimum absolute atomic E-state index is 0.668. The Bertz CT molecular complexity index is 1560. The molecule has 0 saturated carbocycles. The molecule has 3 nitrogen and oxygen atoms in total. The van der Waals surface area contributed by atoms with E-state index in [0.29, 0.717) is 11.1 Å². The van der Waals surface area contributed by atoms with Gasteiger partial charge in [0.25, 0.3) is 0 Å². The molecule has 0 bridgehead atoms. The molecule has 6 rings (SSSR count). The van der Waals surface area contributed by atoms with Gasteiger partial charge in [0.15, 0.2) is 0 Å². The molecular formula is C24H11N3S. The molecule has 2 aromatic heterocycles. The SMILES string of the molecule is N#Cc1ccc2[nH]c3c(ccc4c3ccc3c5cc(C#N)ccc5sc34)c2c1. The van der Waals surface area contributed by atoms with Gasteiger partial charge < -0.3 is 4.98 Å². The summed E-state index contributed by atoms with van der Waals surface area (Å²) in [6, 6.07) is 24.7. The number of nitrogens with one attached hydrogen (secondary N) is 1. The Labute approximate surface area is 163 Å². The van der Waals surface area contributed by atoms with E-state index in [1.807, 2.05) is 36.4 Å². The maximum atomic E-state index is 9.23. The van der Waals surface area contributed by atoms with Crippen molar-refractivity contribution in [2.45, 2.75) is 0 Å². The van der Waals surface area contributed by atoms with E-state index in [-0.39, 0.29) is 0 Å². The summed E-state index contributed by atoms with van der Waals surface area (Å²) >= 11 is 1.77. The van der Waals surface area contributed by atoms with Crippen LogP contribution in [0.3, 0.4) is 0 Å². The average molecular weight is 373 g/mol. The Balaban J connectivity index is 1.76. The first-order chi connectivity index (χ1) is 13.8. The van der Waals surface area contributed by atoms with Gasteiger partial charge in [-0.3, -0.25) is 0 Å². The van der Waals surface area contributed by atoms with Gasteiger partial charge in [0.1, 0.15) is 0 Å². The fourth-order valence-electron chi connectivity index (χ4n) is 4.15. The summed E-state index contributed by atoms with van der Waals surface area (Å²) in [4.78, 5) is 3.54. The van der Waals surface area contributed by atoms with Crippen molar-refractivity contribution in [3.63, 3.8) is 0 Å². The van der Waals surface area contributed by atoms with Crippen LogP contribution in [0.2, 0.25) is 0 Å². The molecule has 0 aliphatic carbocycles. The Morgan fingerprint density at radius 3 is 2.00 bits per heavy atom. The lowest BCUT2D eigenvalue weighted by atomic mass is 10.0. The molecule has 4 heteroatoms. The monoisotopic (exact) mass is 373 g/mol. The van der Waals surface area contributed by atoms with Crippen molar-refractivity contribution in [2.75, 3.05) is 0 Å². The lowest BCUT2D eigenvalue weighted by Crippen LogP contribution is -1.77. The van der Waals surface area contributed by atoms with E-state index in [2.05, 4.69) is 41.4 Å². The normalized spacial score (nSPS) is 11.5. The Morgan fingerprint density at radius 2 is 1.25 bits per heavy atom. The quantitative estimate of drug-likeness (QED) is 0.326. The number of aromatic nitrogens is 1. The third kappa shape index (κ3) is 1.90. The molecule has 0 aliphatic heterocycles. The maximum absolute atomic E-state index is 9.23. The summed E-state index contributed by atoms with van der Waals surface area (Å²) < 4.78 is 2.43. The second kappa shape index (κ2) is 5.33. The number of benzene rings is 4. The zero-order valence-corrected chi connectivity index (χ0v) is 15.4. The van der Waals surface area contributed by atoms with E-state index in [1.165, 1.54) is 25.6 Å². The first-order valence-electron chi connectivity index (χ1n) is 8.90. The van der Waals surface area contributed by atoms with Crippen LogP contribution in [0.5, 0.6) is 0 Å². The third-order valence-corrected chi connectivity index (χ3v) is 6.68. The summed E-state index contributed by atoms with van der Waals surface area (Å²) in [6.45, 7) is 0. The second-order valence-electron chi connectivity index (χ2n) is 6.95. The highest BCUT2D eigenvalue weighted by Crippen LogP contribution is 2.41. The predicted molar refractivity (Wildman–Crippen MR) is 116 cm³/mol. The Hall–Kier alpha value is -3.86. The average Bonchev–Trinajstić information content (AvgIpc) is 3.30. The Morgan fingerprint density at radius 1 is 0.643 bits per heavy atom. The van der Waals surface area contributed by atoms with Crippen LogP contribution >= 0.6 is 11.3 Å². The van der Waals surface area contributed by atoms with Crippen LogP contribution in [-0.4, -0.2) is 4.98 Å². The summed E-state index contributed by atoms with van der Waals surface area (Å²) in [5.41, 5.74) is 3.49. The minimum Gasteiger partial charge on any atom is -0.354 e. The number of rotatable bonds is 0.